The summed E-state index contributed by atoms with van der Waals surface area (Å²) >= 11 is 1.66. The maximum Gasteiger partial charge on any atom is 0.335 e. The summed E-state index contributed by atoms with van der Waals surface area (Å²) in [5.74, 6) is -0.889. The molecule has 0 amide bonds. The first-order chi connectivity index (χ1) is 10.1. The molecule has 3 heteroatoms. The lowest BCUT2D eigenvalue weighted by atomic mass is 10.1. The second kappa shape index (κ2) is 5.62. The summed E-state index contributed by atoms with van der Waals surface area (Å²) in [6.45, 7) is 1.94. The van der Waals surface area contributed by atoms with E-state index in [-0.39, 0.29) is 0 Å². The van der Waals surface area contributed by atoms with Crippen molar-refractivity contribution in [1.82, 2.24) is 0 Å². The van der Waals surface area contributed by atoms with Crippen molar-refractivity contribution >= 4 is 28.5 Å². The second-order valence-electron chi connectivity index (χ2n) is 4.90. The molecule has 0 bridgehead atoms. The molecule has 0 radical (unpaired) electrons. The van der Waals surface area contributed by atoms with Crippen molar-refractivity contribution in [3.63, 3.8) is 0 Å². The van der Waals surface area contributed by atoms with Gasteiger partial charge in [-0.15, -0.1) is 0 Å². The summed E-state index contributed by atoms with van der Waals surface area (Å²) in [5, 5.41) is 11.4. The summed E-state index contributed by atoms with van der Waals surface area (Å²) in [6, 6.07) is 19.9. The summed E-state index contributed by atoms with van der Waals surface area (Å²) in [6.07, 6.45) is 0. The summed E-state index contributed by atoms with van der Waals surface area (Å²) < 4.78 is 0. The molecule has 2 nitrogen and oxygen atoms in total. The first-order valence-electron chi connectivity index (χ1n) is 6.64. The number of fused-ring (bicyclic) bond motifs is 1. The number of carboxylic acid groups (broad SMARTS) is 1. The minimum Gasteiger partial charge on any atom is -0.478 e. The van der Waals surface area contributed by atoms with Crippen LogP contribution in [0.3, 0.4) is 0 Å². The molecule has 0 heterocycles. The Morgan fingerprint density at radius 1 is 0.952 bits per heavy atom. The van der Waals surface area contributed by atoms with Crippen LogP contribution in [0.4, 0.5) is 0 Å². The Morgan fingerprint density at radius 3 is 2.43 bits per heavy atom. The van der Waals surface area contributed by atoms with Gasteiger partial charge in [0.25, 0.3) is 0 Å². The maximum absolute atomic E-state index is 11.0. The van der Waals surface area contributed by atoms with Crippen molar-refractivity contribution in [3.8, 4) is 0 Å². The van der Waals surface area contributed by atoms with Crippen LogP contribution in [0.2, 0.25) is 0 Å². The van der Waals surface area contributed by atoms with E-state index < -0.39 is 5.97 Å². The minimum atomic E-state index is -0.889. The minimum absolute atomic E-state index is 0.329. The first kappa shape index (κ1) is 13.7. The average molecular weight is 294 g/mol. The normalized spacial score (nSPS) is 10.7. The largest absolute Gasteiger partial charge is 0.478 e. The maximum atomic E-state index is 11.0. The van der Waals surface area contributed by atoms with Crippen molar-refractivity contribution in [1.29, 1.82) is 0 Å². The van der Waals surface area contributed by atoms with Gasteiger partial charge in [-0.2, -0.15) is 0 Å². The second-order valence-corrected chi connectivity index (χ2v) is 6.01. The number of carboxylic acids is 1. The van der Waals surface area contributed by atoms with E-state index in [2.05, 4.69) is 30.3 Å². The Labute approximate surface area is 127 Å². The van der Waals surface area contributed by atoms with Crippen molar-refractivity contribution in [2.24, 2.45) is 0 Å². The Hall–Kier alpha value is -2.26. The average Bonchev–Trinajstić information content (AvgIpc) is 2.49. The van der Waals surface area contributed by atoms with Gasteiger partial charge < -0.3 is 5.11 Å². The molecule has 0 aliphatic heterocycles. The third-order valence-electron chi connectivity index (χ3n) is 3.37. The highest BCUT2D eigenvalue weighted by Crippen LogP contribution is 2.32. The van der Waals surface area contributed by atoms with Crippen LogP contribution in [0, 0.1) is 6.92 Å². The Kier molecular flexibility index (Phi) is 3.67. The molecule has 0 aliphatic carbocycles. The fraction of sp³-hybridized carbons (Fsp3) is 0.0556. The molecule has 3 aromatic carbocycles. The van der Waals surface area contributed by atoms with E-state index in [0.29, 0.717) is 5.56 Å². The van der Waals surface area contributed by atoms with E-state index in [1.54, 1.807) is 23.9 Å². The molecule has 0 atom stereocenters. The number of aryl methyl sites for hydroxylation is 1. The van der Waals surface area contributed by atoms with Gasteiger partial charge in [-0.1, -0.05) is 42.1 Å². The fourth-order valence-electron chi connectivity index (χ4n) is 2.25. The lowest BCUT2D eigenvalue weighted by molar-refractivity contribution is 0.0696. The van der Waals surface area contributed by atoms with E-state index in [0.717, 1.165) is 15.4 Å². The van der Waals surface area contributed by atoms with Crippen LogP contribution >= 0.6 is 11.8 Å². The van der Waals surface area contributed by atoms with Crippen LogP contribution in [-0.2, 0) is 0 Å². The van der Waals surface area contributed by atoms with Gasteiger partial charge in [0, 0.05) is 9.79 Å². The van der Waals surface area contributed by atoms with Gasteiger partial charge in [0.05, 0.1) is 5.56 Å². The van der Waals surface area contributed by atoms with E-state index >= 15 is 0 Å². The highest BCUT2D eigenvalue weighted by molar-refractivity contribution is 7.99. The van der Waals surface area contributed by atoms with Crippen molar-refractivity contribution in [2.45, 2.75) is 16.7 Å². The van der Waals surface area contributed by atoms with E-state index in [1.807, 2.05) is 25.1 Å². The van der Waals surface area contributed by atoms with Crippen LogP contribution in [0.1, 0.15) is 15.9 Å². The van der Waals surface area contributed by atoms with E-state index in [9.17, 15) is 4.79 Å². The lowest BCUT2D eigenvalue weighted by Gasteiger charge is -2.07. The SMILES string of the molecule is Cc1cc(C(=O)O)ccc1Sc1ccc2ccccc2c1. The third-order valence-corrected chi connectivity index (χ3v) is 4.54. The quantitative estimate of drug-likeness (QED) is 0.738. The molecule has 1 N–H and O–H groups in total. The van der Waals surface area contributed by atoms with Crippen molar-refractivity contribution < 1.29 is 9.90 Å². The molecular weight excluding hydrogens is 280 g/mol. The smallest absolute Gasteiger partial charge is 0.335 e. The molecule has 3 rings (SSSR count). The number of benzene rings is 3. The van der Waals surface area contributed by atoms with Gasteiger partial charge in [-0.05, 0) is 53.6 Å². The van der Waals surface area contributed by atoms with Crippen LogP contribution in [0.15, 0.2) is 70.5 Å². The lowest BCUT2D eigenvalue weighted by Crippen LogP contribution is -1.96. The van der Waals surface area contributed by atoms with Gasteiger partial charge >= 0.3 is 5.97 Å². The molecule has 104 valence electrons. The van der Waals surface area contributed by atoms with E-state index in [1.165, 1.54) is 10.8 Å². The van der Waals surface area contributed by atoms with Crippen LogP contribution in [0.5, 0.6) is 0 Å². The monoisotopic (exact) mass is 294 g/mol. The molecule has 3 aromatic rings. The zero-order valence-corrected chi connectivity index (χ0v) is 12.4. The van der Waals surface area contributed by atoms with Gasteiger partial charge in [0.2, 0.25) is 0 Å². The van der Waals surface area contributed by atoms with Gasteiger partial charge in [0.15, 0.2) is 0 Å². The molecule has 0 saturated carbocycles. The van der Waals surface area contributed by atoms with Gasteiger partial charge in [-0.25, -0.2) is 4.79 Å². The van der Waals surface area contributed by atoms with Gasteiger partial charge in [-0.3, -0.25) is 0 Å². The van der Waals surface area contributed by atoms with E-state index in [4.69, 9.17) is 5.11 Å². The summed E-state index contributed by atoms with van der Waals surface area (Å²) in [7, 11) is 0. The molecule has 0 fully saturated rings. The Morgan fingerprint density at radius 2 is 1.71 bits per heavy atom. The number of hydrogen-bond donors (Lipinski definition) is 1. The molecular formula is C18H14O2S. The van der Waals surface area contributed by atoms with Crippen molar-refractivity contribution in [3.05, 3.63) is 71.8 Å². The molecule has 0 aliphatic rings. The molecule has 0 aromatic heterocycles. The Balaban J connectivity index is 1.93. The van der Waals surface area contributed by atoms with Crippen LogP contribution < -0.4 is 0 Å². The summed E-state index contributed by atoms with van der Waals surface area (Å²) in [5.41, 5.74) is 1.31. The number of aromatic carboxylic acids is 1. The number of hydrogen-bond acceptors (Lipinski definition) is 2. The molecule has 0 unspecified atom stereocenters. The number of rotatable bonds is 3. The predicted molar refractivity (Wildman–Crippen MR) is 86.2 cm³/mol. The third kappa shape index (κ3) is 2.93. The predicted octanol–water partition coefficient (Wildman–Crippen LogP) is 5.00. The Bertz CT molecular complexity index is 824. The molecule has 21 heavy (non-hydrogen) atoms. The van der Waals surface area contributed by atoms with Gasteiger partial charge in [0.1, 0.15) is 0 Å². The first-order valence-corrected chi connectivity index (χ1v) is 7.46. The zero-order chi connectivity index (χ0) is 14.8. The van der Waals surface area contributed by atoms with Crippen LogP contribution in [0.25, 0.3) is 10.8 Å². The zero-order valence-electron chi connectivity index (χ0n) is 11.5. The highest BCUT2D eigenvalue weighted by Gasteiger charge is 2.07. The fourth-order valence-corrected chi connectivity index (χ4v) is 3.19. The number of carbonyl (C=O) groups is 1. The standard InChI is InChI=1S/C18H14O2S/c1-12-10-15(18(19)20)7-9-17(12)21-16-8-6-13-4-2-3-5-14(13)11-16/h2-11H,1H3,(H,19,20). The van der Waals surface area contributed by atoms with Crippen LogP contribution in [-0.4, -0.2) is 11.1 Å². The summed E-state index contributed by atoms with van der Waals surface area (Å²) in [4.78, 5) is 13.2. The topological polar surface area (TPSA) is 37.3 Å². The highest BCUT2D eigenvalue weighted by atomic mass is 32.2. The molecule has 0 spiro atoms. The van der Waals surface area contributed by atoms with Crippen molar-refractivity contribution in [2.75, 3.05) is 0 Å². The molecule has 0 saturated heterocycles.